The summed E-state index contributed by atoms with van der Waals surface area (Å²) in [6, 6.07) is 28.6. The SMILES string of the molecule is NN=CN=NN1C(N=Nc2ccccc2)=NN(c2ccccc2)N1c1ccccc1. The summed E-state index contributed by atoms with van der Waals surface area (Å²) >= 11 is 0. The average Bonchev–Trinajstić information content (AvgIpc) is 3.18. The standard InChI is InChI=1S/C20H18N10/c21-22-16-23-27-29-20(25-24-17-10-4-1-5-11-17)26-28(18-12-6-2-7-13-18)30(29)19-14-8-3-9-15-19/h1-16H,21H2. The number of anilines is 2. The van der Waals surface area contributed by atoms with Crippen molar-refractivity contribution < 1.29 is 0 Å². The lowest BCUT2D eigenvalue weighted by atomic mass is 10.3. The van der Waals surface area contributed by atoms with Gasteiger partial charge in [-0.2, -0.15) is 5.10 Å². The molecular weight excluding hydrogens is 380 g/mol. The van der Waals surface area contributed by atoms with E-state index in [1.807, 2.05) is 91.0 Å². The van der Waals surface area contributed by atoms with Crippen LogP contribution in [0, 0.1) is 0 Å². The van der Waals surface area contributed by atoms with E-state index in [1.165, 1.54) is 5.12 Å². The highest BCUT2D eigenvalue weighted by Crippen LogP contribution is 2.30. The van der Waals surface area contributed by atoms with Crippen LogP contribution < -0.4 is 16.1 Å². The number of hydrazone groups is 2. The molecule has 0 saturated heterocycles. The van der Waals surface area contributed by atoms with Crippen LogP contribution >= 0.6 is 0 Å². The van der Waals surface area contributed by atoms with E-state index in [1.54, 1.807) is 10.2 Å². The van der Waals surface area contributed by atoms with E-state index in [9.17, 15) is 0 Å². The topological polar surface area (TPSA) is 110 Å². The second kappa shape index (κ2) is 9.06. The molecule has 0 fully saturated rings. The van der Waals surface area contributed by atoms with Crippen LogP contribution in [0.5, 0.6) is 0 Å². The number of benzene rings is 3. The van der Waals surface area contributed by atoms with Gasteiger partial charge in [0.05, 0.1) is 17.1 Å². The molecule has 1 aliphatic rings. The zero-order valence-corrected chi connectivity index (χ0v) is 15.8. The summed E-state index contributed by atoms with van der Waals surface area (Å²) in [5.41, 5.74) is 2.28. The summed E-state index contributed by atoms with van der Waals surface area (Å²) in [4.78, 5) is 0. The van der Waals surface area contributed by atoms with Gasteiger partial charge in [-0.15, -0.1) is 30.7 Å². The molecule has 1 aliphatic heterocycles. The molecule has 0 bridgehead atoms. The minimum atomic E-state index is 0.209. The van der Waals surface area contributed by atoms with Gasteiger partial charge in [-0.25, -0.2) is 0 Å². The molecule has 0 aromatic heterocycles. The lowest BCUT2D eigenvalue weighted by Crippen LogP contribution is -2.44. The van der Waals surface area contributed by atoms with Gasteiger partial charge in [0.1, 0.15) is 0 Å². The number of nitrogens with two attached hydrogens (primary N) is 1. The third-order valence-corrected chi connectivity index (χ3v) is 3.96. The lowest BCUT2D eigenvalue weighted by Gasteiger charge is -2.30. The van der Waals surface area contributed by atoms with Crippen LogP contribution in [-0.4, -0.2) is 17.4 Å². The third kappa shape index (κ3) is 4.12. The van der Waals surface area contributed by atoms with Crippen LogP contribution in [0.25, 0.3) is 0 Å². The van der Waals surface area contributed by atoms with Gasteiger partial charge in [-0.3, -0.25) is 0 Å². The molecule has 0 unspecified atom stereocenters. The molecule has 0 saturated carbocycles. The van der Waals surface area contributed by atoms with Gasteiger partial charge >= 0.3 is 5.96 Å². The average molecular weight is 398 g/mol. The molecule has 0 amide bonds. The first-order chi connectivity index (χ1) is 14.9. The molecule has 3 aromatic carbocycles. The maximum atomic E-state index is 5.15. The highest BCUT2D eigenvalue weighted by Gasteiger charge is 2.35. The molecule has 10 nitrogen and oxygen atoms in total. The largest absolute Gasteiger partial charge is 0.322 e. The van der Waals surface area contributed by atoms with Gasteiger partial charge in [0.15, 0.2) is 6.34 Å². The highest BCUT2D eigenvalue weighted by molar-refractivity contribution is 5.86. The summed E-state index contributed by atoms with van der Waals surface area (Å²) in [7, 11) is 0. The summed E-state index contributed by atoms with van der Waals surface area (Å²) in [6.07, 6.45) is 1.13. The van der Waals surface area contributed by atoms with Crippen LogP contribution in [0.4, 0.5) is 17.1 Å². The molecule has 3 aromatic rings. The van der Waals surface area contributed by atoms with Crippen LogP contribution in [0.15, 0.2) is 122 Å². The second-order valence-corrected chi connectivity index (χ2v) is 5.94. The number of para-hydroxylation sites is 2. The molecule has 148 valence electrons. The quantitative estimate of drug-likeness (QED) is 0.225. The first-order valence-corrected chi connectivity index (χ1v) is 9.05. The van der Waals surface area contributed by atoms with Gasteiger partial charge in [0, 0.05) is 0 Å². The molecule has 0 radical (unpaired) electrons. The highest BCUT2D eigenvalue weighted by atomic mass is 16.1. The van der Waals surface area contributed by atoms with Crippen molar-refractivity contribution in [3.8, 4) is 0 Å². The first kappa shape index (κ1) is 18.7. The zero-order chi connectivity index (χ0) is 20.6. The Labute approximate surface area is 172 Å². The number of nitrogens with zero attached hydrogens (tertiary/aromatic N) is 9. The van der Waals surface area contributed by atoms with Crippen molar-refractivity contribution in [3.63, 3.8) is 0 Å². The Morgan fingerprint density at radius 1 is 0.733 bits per heavy atom. The number of hydrazine groups is 2. The fourth-order valence-electron chi connectivity index (χ4n) is 2.68. The van der Waals surface area contributed by atoms with Crippen molar-refractivity contribution in [3.05, 3.63) is 91.0 Å². The summed E-state index contributed by atoms with van der Waals surface area (Å²) in [5, 5.41) is 29.3. The van der Waals surface area contributed by atoms with E-state index in [0.29, 0.717) is 5.69 Å². The first-order valence-electron chi connectivity index (χ1n) is 9.05. The second-order valence-electron chi connectivity index (χ2n) is 5.94. The fraction of sp³-hybridized carbons (Fsp3) is 0. The van der Waals surface area contributed by atoms with Crippen molar-refractivity contribution in [1.29, 1.82) is 0 Å². The Bertz CT molecular complexity index is 1060. The normalized spacial score (nSPS) is 14.4. The fourth-order valence-corrected chi connectivity index (χ4v) is 2.68. The molecule has 0 aliphatic carbocycles. The smallest absolute Gasteiger partial charge is 0.307 e. The van der Waals surface area contributed by atoms with Crippen LogP contribution in [0.3, 0.4) is 0 Å². The van der Waals surface area contributed by atoms with Crippen molar-refractivity contribution in [2.24, 2.45) is 36.6 Å². The van der Waals surface area contributed by atoms with Gasteiger partial charge in [-0.1, -0.05) is 59.7 Å². The molecule has 1 heterocycles. The predicted molar refractivity (Wildman–Crippen MR) is 116 cm³/mol. The molecule has 0 atom stereocenters. The molecule has 4 rings (SSSR count). The molecule has 0 spiro atoms. The van der Waals surface area contributed by atoms with E-state index >= 15 is 0 Å². The van der Waals surface area contributed by atoms with Crippen molar-refractivity contribution in [2.45, 2.75) is 0 Å². The predicted octanol–water partition coefficient (Wildman–Crippen LogP) is 4.47. The number of guanidine groups is 1. The van der Waals surface area contributed by atoms with Crippen LogP contribution in [-0.2, 0) is 0 Å². The Morgan fingerprint density at radius 3 is 1.97 bits per heavy atom. The number of azo groups is 1. The Hall–Kier alpha value is -4.60. The van der Waals surface area contributed by atoms with Gasteiger partial charge in [0.2, 0.25) is 0 Å². The monoisotopic (exact) mass is 398 g/mol. The molecule has 2 N–H and O–H groups in total. The summed E-state index contributed by atoms with van der Waals surface area (Å²) in [5.74, 6) is 5.36. The van der Waals surface area contributed by atoms with Gasteiger partial charge in [0.25, 0.3) is 0 Å². The Kier molecular flexibility index (Phi) is 5.66. The van der Waals surface area contributed by atoms with E-state index in [2.05, 4.69) is 30.8 Å². The molecule has 10 heteroatoms. The lowest BCUT2D eigenvalue weighted by molar-refractivity contribution is 0.398. The van der Waals surface area contributed by atoms with E-state index in [4.69, 9.17) is 5.84 Å². The van der Waals surface area contributed by atoms with E-state index in [-0.39, 0.29) is 5.96 Å². The van der Waals surface area contributed by atoms with Crippen molar-refractivity contribution in [2.75, 3.05) is 10.2 Å². The zero-order valence-electron chi connectivity index (χ0n) is 15.8. The minimum absolute atomic E-state index is 0.209. The van der Waals surface area contributed by atoms with Crippen LogP contribution in [0.2, 0.25) is 0 Å². The Morgan fingerprint density at radius 2 is 1.33 bits per heavy atom. The maximum Gasteiger partial charge on any atom is 0.307 e. The van der Waals surface area contributed by atoms with Crippen LogP contribution in [0.1, 0.15) is 0 Å². The maximum absolute atomic E-state index is 5.15. The van der Waals surface area contributed by atoms with E-state index < -0.39 is 0 Å². The Balaban J connectivity index is 1.78. The summed E-state index contributed by atoms with van der Waals surface area (Å²) in [6.45, 7) is 0. The minimum Gasteiger partial charge on any atom is -0.322 e. The van der Waals surface area contributed by atoms with Crippen molar-refractivity contribution >= 4 is 29.4 Å². The van der Waals surface area contributed by atoms with Gasteiger partial charge < -0.3 is 5.84 Å². The number of hydrogen-bond donors (Lipinski definition) is 1. The molecular formula is C20H18N10. The number of rotatable bonds is 5. The number of hydrogen-bond acceptors (Lipinski definition) is 8. The third-order valence-electron chi connectivity index (χ3n) is 3.96. The van der Waals surface area contributed by atoms with E-state index in [0.717, 1.165) is 17.7 Å². The van der Waals surface area contributed by atoms with Crippen molar-refractivity contribution in [1.82, 2.24) is 5.12 Å². The van der Waals surface area contributed by atoms with Gasteiger partial charge in [-0.05, 0) is 41.6 Å². The molecule has 30 heavy (non-hydrogen) atoms. The summed E-state index contributed by atoms with van der Waals surface area (Å²) < 4.78 is 0.